The van der Waals surface area contributed by atoms with Crippen LogP contribution in [0, 0.1) is 6.92 Å². The van der Waals surface area contributed by atoms with Gasteiger partial charge in [-0.1, -0.05) is 18.2 Å². The zero-order valence-corrected chi connectivity index (χ0v) is 16.7. The maximum Gasteiger partial charge on any atom is 0.243 e. The third-order valence-electron chi connectivity index (χ3n) is 4.90. The van der Waals surface area contributed by atoms with Crippen molar-refractivity contribution < 1.29 is 9.59 Å². The van der Waals surface area contributed by atoms with Gasteiger partial charge in [0.15, 0.2) is 5.78 Å². The highest BCUT2D eigenvalue weighted by Crippen LogP contribution is 2.32. The lowest BCUT2D eigenvalue weighted by Crippen LogP contribution is -2.32. The summed E-state index contributed by atoms with van der Waals surface area (Å²) in [5.74, 6) is -0.187. The first-order valence-corrected chi connectivity index (χ1v) is 10.1. The lowest BCUT2D eigenvalue weighted by atomic mass is 10.1. The molecule has 1 aliphatic rings. The Hall–Kier alpha value is -2.99. The van der Waals surface area contributed by atoms with E-state index in [0.29, 0.717) is 11.3 Å². The number of carbonyl (C=O) groups is 2. The molecule has 0 fully saturated rings. The van der Waals surface area contributed by atoms with Crippen LogP contribution in [-0.2, 0) is 11.2 Å². The molecule has 28 heavy (non-hydrogen) atoms. The maximum absolute atomic E-state index is 12.6. The van der Waals surface area contributed by atoms with Crippen LogP contribution in [0.4, 0.5) is 11.4 Å². The Labute approximate surface area is 168 Å². The number of amides is 1. The van der Waals surface area contributed by atoms with E-state index in [2.05, 4.69) is 38.8 Å². The van der Waals surface area contributed by atoms with Gasteiger partial charge in [0.25, 0.3) is 0 Å². The van der Waals surface area contributed by atoms with Gasteiger partial charge < -0.3 is 10.2 Å². The number of carbonyl (C=O) groups excluding carboxylic acids is 2. The summed E-state index contributed by atoms with van der Waals surface area (Å²) in [6.07, 6.45) is 0.906. The van der Waals surface area contributed by atoms with Gasteiger partial charge in [-0.05, 0) is 50.1 Å². The molecule has 2 heterocycles. The lowest BCUT2D eigenvalue weighted by Gasteiger charge is -2.19. The zero-order chi connectivity index (χ0) is 19.7. The summed E-state index contributed by atoms with van der Waals surface area (Å²) in [6.45, 7) is 4.57. The molecular formula is C22H21N3O2S. The van der Waals surface area contributed by atoms with Crippen LogP contribution in [0.3, 0.4) is 0 Å². The third kappa shape index (κ3) is 3.68. The molecule has 0 aliphatic carbocycles. The number of thiazole rings is 1. The van der Waals surface area contributed by atoms with Crippen molar-refractivity contribution in [1.29, 1.82) is 0 Å². The lowest BCUT2D eigenvalue weighted by molar-refractivity contribution is -0.115. The Kier molecular flexibility index (Phi) is 4.96. The van der Waals surface area contributed by atoms with E-state index in [4.69, 9.17) is 0 Å². The number of aromatic nitrogens is 1. The Balaban J connectivity index is 1.48. The highest BCUT2D eigenvalue weighted by molar-refractivity contribution is 7.09. The van der Waals surface area contributed by atoms with Crippen LogP contribution in [0.25, 0.3) is 11.3 Å². The molecule has 0 atom stereocenters. The molecule has 0 bridgehead atoms. The van der Waals surface area contributed by atoms with E-state index < -0.39 is 0 Å². The molecule has 1 amide bonds. The Morgan fingerprint density at radius 3 is 2.79 bits per heavy atom. The summed E-state index contributed by atoms with van der Waals surface area (Å²) >= 11 is 1.65. The van der Waals surface area contributed by atoms with Crippen molar-refractivity contribution in [3.05, 3.63) is 64.0 Å². The second-order valence-electron chi connectivity index (χ2n) is 6.92. The summed E-state index contributed by atoms with van der Waals surface area (Å²) in [5.41, 5.74) is 5.53. The quantitative estimate of drug-likeness (QED) is 0.658. The molecule has 0 radical (unpaired) electrons. The number of ketones is 1. The number of nitrogens with one attached hydrogen (secondary N) is 1. The summed E-state index contributed by atoms with van der Waals surface area (Å²) in [5, 5.41) is 6.01. The third-order valence-corrected chi connectivity index (χ3v) is 5.67. The minimum Gasteiger partial charge on any atom is -0.362 e. The smallest absolute Gasteiger partial charge is 0.243 e. The molecule has 3 aromatic rings. The van der Waals surface area contributed by atoms with Gasteiger partial charge in [0.2, 0.25) is 5.91 Å². The topological polar surface area (TPSA) is 62.3 Å². The number of anilines is 2. The highest BCUT2D eigenvalue weighted by atomic mass is 32.1. The van der Waals surface area contributed by atoms with Crippen molar-refractivity contribution in [1.82, 2.24) is 4.98 Å². The Bertz CT molecular complexity index is 1060. The van der Waals surface area contributed by atoms with E-state index in [1.165, 1.54) is 12.5 Å². The average molecular weight is 391 g/mol. The average Bonchev–Trinajstić information content (AvgIpc) is 3.28. The molecule has 1 aromatic heterocycles. The Morgan fingerprint density at radius 1 is 1.21 bits per heavy atom. The SMILES string of the molecule is CC(=O)c1ccccc1NC(=O)CN1CCc2cc(-c3csc(C)n3)ccc21. The van der Waals surface area contributed by atoms with Crippen LogP contribution < -0.4 is 10.2 Å². The van der Waals surface area contributed by atoms with Crippen LogP contribution >= 0.6 is 11.3 Å². The summed E-state index contributed by atoms with van der Waals surface area (Å²) < 4.78 is 0. The van der Waals surface area contributed by atoms with E-state index in [1.54, 1.807) is 29.5 Å². The summed E-state index contributed by atoms with van der Waals surface area (Å²) in [4.78, 5) is 30.9. The molecule has 5 nitrogen and oxygen atoms in total. The summed E-state index contributed by atoms with van der Waals surface area (Å²) in [7, 11) is 0. The number of hydrogen-bond donors (Lipinski definition) is 1. The molecule has 1 N–H and O–H groups in total. The van der Waals surface area contributed by atoms with Crippen LogP contribution in [0.2, 0.25) is 0 Å². The minimum absolute atomic E-state index is 0.0628. The van der Waals surface area contributed by atoms with E-state index in [-0.39, 0.29) is 18.2 Å². The first kappa shape index (κ1) is 18.4. The van der Waals surface area contributed by atoms with E-state index >= 15 is 0 Å². The van der Waals surface area contributed by atoms with Crippen molar-refractivity contribution in [2.24, 2.45) is 0 Å². The number of hydrogen-bond acceptors (Lipinski definition) is 5. The normalized spacial score (nSPS) is 12.7. The number of benzene rings is 2. The molecule has 0 spiro atoms. The van der Waals surface area contributed by atoms with Crippen LogP contribution in [0.1, 0.15) is 27.9 Å². The van der Waals surface area contributed by atoms with Gasteiger partial charge in [-0.3, -0.25) is 9.59 Å². The molecule has 0 unspecified atom stereocenters. The minimum atomic E-state index is -0.124. The van der Waals surface area contributed by atoms with Gasteiger partial charge in [-0.25, -0.2) is 4.98 Å². The molecular weight excluding hydrogens is 370 g/mol. The van der Waals surface area contributed by atoms with Crippen LogP contribution in [-0.4, -0.2) is 29.8 Å². The fourth-order valence-corrected chi connectivity index (χ4v) is 4.17. The molecule has 142 valence electrons. The van der Waals surface area contributed by atoms with Crippen molar-refractivity contribution >= 4 is 34.4 Å². The second kappa shape index (κ2) is 7.56. The molecule has 1 aliphatic heterocycles. The molecule has 4 rings (SSSR count). The van der Waals surface area contributed by atoms with E-state index in [9.17, 15) is 9.59 Å². The number of nitrogens with zero attached hydrogens (tertiary/aromatic N) is 2. The number of Topliss-reactive ketones (excluding diaryl/α,β-unsaturated/α-hetero) is 1. The first-order chi connectivity index (χ1) is 13.5. The largest absolute Gasteiger partial charge is 0.362 e. The molecule has 0 saturated carbocycles. The van der Waals surface area contributed by atoms with Crippen molar-refractivity contribution in [2.45, 2.75) is 20.3 Å². The standard InChI is InChI=1S/C22H21N3O2S/c1-14(26)18-5-3-4-6-19(18)24-22(27)12-25-10-9-17-11-16(7-8-21(17)25)20-13-28-15(2)23-20/h3-8,11,13H,9-10,12H2,1-2H3,(H,24,27). The number of para-hydroxylation sites is 1. The van der Waals surface area contributed by atoms with Crippen LogP contribution in [0.5, 0.6) is 0 Å². The number of rotatable bonds is 5. The predicted octanol–water partition coefficient (Wildman–Crippen LogP) is 4.32. The Morgan fingerprint density at radius 2 is 2.04 bits per heavy atom. The maximum atomic E-state index is 12.6. The fraction of sp³-hybridized carbons (Fsp3) is 0.227. The van der Waals surface area contributed by atoms with Gasteiger partial charge in [0.1, 0.15) is 0 Å². The zero-order valence-electron chi connectivity index (χ0n) is 15.9. The van der Waals surface area contributed by atoms with Gasteiger partial charge in [0, 0.05) is 28.7 Å². The fourth-order valence-electron chi connectivity index (χ4n) is 3.55. The van der Waals surface area contributed by atoms with Gasteiger partial charge in [-0.2, -0.15) is 0 Å². The van der Waals surface area contributed by atoms with E-state index in [0.717, 1.165) is 34.9 Å². The van der Waals surface area contributed by atoms with Gasteiger partial charge in [0.05, 0.1) is 22.9 Å². The number of fused-ring (bicyclic) bond motifs is 1. The first-order valence-electron chi connectivity index (χ1n) is 9.21. The van der Waals surface area contributed by atoms with E-state index in [1.807, 2.05) is 13.0 Å². The van der Waals surface area contributed by atoms with Gasteiger partial charge >= 0.3 is 0 Å². The highest BCUT2D eigenvalue weighted by Gasteiger charge is 2.22. The predicted molar refractivity (Wildman–Crippen MR) is 113 cm³/mol. The van der Waals surface area contributed by atoms with Crippen molar-refractivity contribution in [3.8, 4) is 11.3 Å². The van der Waals surface area contributed by atoms with Crippen molar-refractivity contribution in [2.75, 3.05) is 23.3 Å². The van der Waals surface area contributed by atoms with Gasteiger partial charge in [-0.15, -0.1) is 11.3 Å². The molecule has 0 saturated heterocycles. The monoisotopic (exact) mass is 391 g/mol. The molecule has 6 heteroatoms. The number of aryl methyl sites for hydroxylation is 1. The molecule has 2 aromatic carbocycles. The van der Waals surface area contributed by atoms with Crippen LogP contribution in [0.15, 0.2) is 47.8 Å². The summed E-state index contributed by atoms with van der Waals surface area (Å²) in [6, 6.07) is 13.4. The second-order valence-corrected chi connectivity index (χ2v) is 7.98. The van der Waals surface area contributed by atoms with Crippen molar-refractivity contribution in [3.63, 3.8) is 0 Å².